The third-order valence-corrected chi connectivity index (χ3v) is 4.29. The zero-order valence-corrected chi connectivity index (χ0v) is 13.3. The molecule has 0 spiro atoms. The summed E-state index contributed by atoms with van der Waals surface area (Å²) in [6, 6.07) is 12.6. The molecule has 1 heterocycles. The number of benzene rings is 1. The van der Waals surface area contributed by atoms with Gasteiger partial charge in [-0.2, -0.15) is 0 Å². The minimum atomic E-state index is -0.788. The first-order valence-electron chi connectivity index (χ1n) is 7.10. The first kappa shape index (κ1) is 15.7. The number of rotatable bonds is 7. The highest BCUT2D eigenvalue weighted by atomic mass is 32.1. The molecular weight excluding hydrogens is 282 g/mol. The van der Waals surface area contributed by atoms with E-state index in [4.69, 9.17) is 5.11 Å². The molecule has 0 saturated heterocycles. The van der Waals surface area contributed by atoms with Crippen molar-refractivity contribution in [2.24, 2.45) is 0 Å². The molecule has 1 aromatic heterocycles. The van der Waals surface area contributed by atoms with E-state index >= 15 is 0 Å². The zero-order chi connectivity index (χ0) is 15.2. The van der Waals surface area contributed by atoms with Crippen molar-refractivity contribution in [1.82, 2.24) is 4.90 Å². The predicted molar refractivity (Wildman–Crippen MR) is 86.5 cm³/mol. The summed E-state index contributed by atoms with van der Waals surface area (Å²) in [6.45, 7) is 6.23. The quantitative estimate of drug-likeness (QED) is 0.846. The van der Waals surface area contributed by atoms with Crippen molar-refractivity contribution in [2.75, 3.05) is 0 Å². The molecule has 3 nitrogen and oxygen atoms in total. The van der Waals surface area contributed by atoms with Crippen molar-refractivity contribution in [1.29, 1.82) is 0 Å². The van der Waals surface area contributed by atoms with E-state index in [-0.39, 0.29) is 6.42 Å². The highest BCUT2D eigenvalue weighted by molar-refractivity contribution is 7.09. The van der Waals surface area contributed by atoms with Crippen LogP contribution in [0, 0.1) is 0 Å². The van der Waals surface area contributed by atoms with E-state index in [9.17, 15) is 4.79 Å². The maximum absolute atomic E-state index is 10.7. The van der Waals surface area contributed by atoms with Gasteiger partial charge in [0.2, 0.25) is 0 Å². The van der Waals surface area contributed by atoms with Crippen LogP contribution in [0.5, 0.6) is 0 Å². The number of carbonyl (C=O) groups is 1. The van der Waals surface area contributed by atoms with Gasteiger partial charge in [-0.15, -0.1) is 11.3 Å². The fourth-order valence-corrected chi connectivity index (χ4v) is 2.92. The lowest BCUT2D eigenvalue weighted by Crippen LogP contribution is -2.29. The number of hydrogen-bond donors (Lipinski definition) is 1. The van der Waals surface area contributed by atoms with Gasteiger partial charge in [0.15, 0.2) is 0 Å². The summed E-state index contributed by atoms with van der Waals surface area (Å²) in [4.78, 5) is 14.5. The average Bonchev–Trinajstić information content (AvgIpc) is 2.92. The summed E-state index contributed by atoms with van der Waals surface area (Å²) in [7, 11) is 0. The molecule has 21 heavy (non-hydrogen) atoms. The number of carboxylic acid groups (broad SMARTS) is 1. The first-order valence-corrected chi connectivity index (χ1v) is 7.98. The Hall–Kier alpha value is -1.65. The second-order valence-electron chi connectivity index (χ2n) is 5.47. The molecule has 1 aromatic carbocycles. The molecule has 0 aliphatic carbocycles. The highest BCUT2D eigenvalue weighted by Crippen LogP contribution is 2.17. The third-order valence-electron chi connectivity index (χ3n) is 3.43. The number of thiophene rings is 1. The molecule has 0 unspecified atom stereocenters. The van der Waals surface area contributed by atoms with Crippen LogP contribution in [0.25, 0.3) is 0 Å². The van der Waals surface area contributed by atoms with Crippen LogP contribution in [0.1, 0.15) is 29.9 Å². The van der Waals surface area contributed by atoms with Crippen LogP contribution in [0.15, 0.2) is 41.8 Å². The molecular formula is C17H21NO2S. The maximum Gasteiger partial charge on any atom is 0.307 e. The van der Waals surface area contributed by atoms with Gasteiger partial charge in [-0.25, -0.2) is 0 Å². The van der Waals surface area contributed by atoms with Gasteiger partial charge in [-0.3, -0.25) is 9.69 Å². The van der Waals surface area contributed by atoms with E-state index in [0.29, 0.717) is 6.04 Å². The van der Waals surface area contributed by atoms with Gasteiger partial charge < -0.3 is 5.11 Å². The van der Waals surface area contributed by atoms with E-state index in [1.54, 1.807) is 11.3 Å². The zero-order valence-electron chi connectivity index (χ0n) is 12.5. The molecule has 0 radical (unpaired) electrons. The molecule has 0 amide bonds. The van der Waals surface area contributed by atoms with Gasteiger partial charge in [0, 0.05) is 24.0 Å². The predicted octanol–water partition coefficient (Wildman–Crippen LogP) is 3.79. The van der Waals surface area contributed by atoms with Crippen molar-refractivity contribution in [2.45, 2.75) is 39.4 Å². The lowest BCUT2D eigenvalue weighted by Gasteiger charge is -2.26. The van der Waals surface area contributed by atoms with E-state index in [1.807, 2.05) is 24.3 Å². The summed E-state index contributed by atoms with van der Waals surface area (Å²) in [5, 5.41) is 10.9. The summed E-state index contributed by atoms with van der Waals surface area (Å²) in [5.74, 6) is -0.788. The smallest absolute Gasteiger partial charge is 0.307 e. The average molecular weight is 303 g/mol. The van der Waals surface area contributed by atoms with E-state index < -0.39 is 5.97 Å². The van der Waals surface area contributed by atoms with Crippen LogP contribution in [0.2, 0.25) is 0 Å². The highest BCUT2D eigenvalue weighted by Gasteiger charge is 2.11. The second kappa shape index (κ2) is 7.38. The van der Waals surface area contributed by atoms with Gasteiger partial charge in [-0.05, 0) is 36.4 Å². The standard InChI is InChI=1S/C17H21NO2S/c1-13(2)18(12-16-4-3-9-21-16)11-15-7-5-14(6-8-15)10-17(19)20/h3-9,13H,10-12H2,1-2H3,(H,19,20). The number of hydrogen-bond acceptors (Lipinski definition) is 3. The summed E-state index contributed by atoms with van der Waals surface area (Å²) >= 11 is 1.78. The van der Waals surface area contributed by atoms with Gasteiger partial charge in [-0.1, -0.05) is 30.3 Å². The fourth-order valence-electron chi connectivity index (χ4n) is 2.20. The van der Waals surface area contributed by atoms with Crippen molar-refractivity contribution in [3.8, 4) is 0 Å². The molecule has 0 aliphatic heterocycles. The molecule has 0 atom stereocenters. The molecule has 2 aromatic rings. The van der Waals surface area contributed by atoms with E-state index in [2.05, 4.69) is 36.3 Å². The van der Waals surface area contributed by atoms with Crippen molar-refractivity contribution in [3.05, 3.63) is 57.8 Å². The molecule has 0 fully saturated rings. The van der Waals surface area contributed by atoms with Gasteiger partial charge >= 0.3 is 5.97 Å². The monoisotopic (exact) mass is 303 g/mol. The number of carboxylic acids is 1. The van der Waals surface area contributed by atoms with Crippen molar-refractivity contribution >= 4 is 17.3 Å². The summed E-state index contributed by atoms with van der Waals surface area (Å²) in [5.41, 5.74) is 2.06. The largest absolute Gasteiger partial charge is 0.481 e. The Bertz CT molecular complexity index is 561. The molecule has 1 N–H and O–H groups in total. The summed E-state index contributed by atoms with van der Waals surface area (Å²) < 4.78 is 0. The fraction of sp³-hybridized carbons (Fsp3) is 0.353. The molecule has 112 valence electrons. The topological polar surface area (TPSA) is 40.5 Å². The minimum absolute atomic E-state index is 0.0867. The van der Waals surface area contributed by atoms with Crippen LogP contribution in [0.3, 0.4) is 0 Å². The molecule has 2 rings (SSSR count). The van der Waals surface area contributed by atoms with E-state index in [1.165, 1.54) is 10.4 Å². The molecule has 0 saturated carbocycles. The maximum atomic E-state index is 10.7. The van der Waals surface area contributed by atoms with E-state index in [0.717, 1.165) is 18.7 Å². The Morgan fingerprint density at radius 2 is 1.81 bits per heavy atom. The van der Waals surface area contributed by atoms with Crippen LogP contribution in [0.4, 0.5) is 0 Å². The normalized spacial score (nSPS) is 11.2. The third kappa shape index (κ3) is 4.99. The van der Waals surface area contributed by atoms with Crippen molar-refractivity contribution in [3.63, 3.8) is 0 Å². The molecule has 4 heteroatoms. The Balaban J connectivity index is 2.01. The number of nitrogens with zero attached hydrogens (tertiary/aromatic N) is 1. The minimum Gasteiger partial charge on any atom is -0.481 e. The van der Waals surface area contributed by atoms with Gasteiger partial charge in [0.05, 0.1) is 6.42 Å². The van der Waals surface area contributed by atoms with Gasteiger partial charge in [0.25, 0.3) is 0 Å². The molecule has 0 bridgehead atoms. The van der Waals surface area contributed by atoms with Crippen LogP contribution < -0.4 is 0 Å². The Labute approximate surface area is 129 Å². The lowest BCUT2D eigenvalue weighted by atomic mass is 10.1. The summed E-state index contributed by atoms with van der Waals surface area (Å²) in [6.07, 6.45) is 0.0867. The Kier molecular flexibility index (Phi) is 5.53. The van der Waals surface area contributed by atoms with Gasteiger partial charge in [0.1, 0.15) is 0 Å². The molecule has 0 aliphatic rings. The first-order chi connectivity index (χ1) is 10.0. The Morgan fingerprint density at radius 1 is 1.14 bits per heavy atom. The van der Waals surface area contributed by atoms with Crippen molar-refractivity contribution < 1.29 is 9.90 Å². The SMILES string of the molecule is CC(C)N(Cc1ccc(CC(=O)O)cc1)Cc1cccs1. The number of aliphatic carboxylic acids is 1. The van der Waals surface area contributed by atoms with Crippen LogP contribution in [-0.2, 0) is 24.3 Å². The van der Waals surface area contributed by atoms with Crippen LogP contribution >= 0.6 is 11.3 Å². The lowest BCUT2D eigenvalue weighted by molar-refractivity contribution is -0.136. The van der Waals surface area contributed by atoms with Crippen LogP contribution in [-0.4, -0.2) is 22.0 Å². The Morgan fingerprint density at radius 3 is 2.33 bits per heavy atom. The second-order valence-corrected chi connectivity index (χ2v) is 6.50.